The van der Waals surface area contributed by atoms with Gasteiger partial charge in [-0.3, -0.25) is 14.2 Å². The van der Waals surface area contributed by atoms with Gasteiger partial charge in [0, 0.05) is 17.1 Å². The van der Waals surface area contributed by atoms with Crippen LogP contribution < -0.4 is 5.56 Å². The lowest BCUT2D eigenvalue weighted by atomic mass is 10.1. The molecule has 0 radical (unpaired) electrons. The molecule has 0 saturated carbocycles. The highest BCUT2D eigenvalue weighted by Gasteiger charge is 2.13. The number of rotatable bonds is 4. The van der Waals surface area contributed by atoms with Crippen LogP contribution in [0.4, 0.5) is 0 Å². The lowest BCUT2D eigenvalue weighted by molar-refractivity contribution is -0.141. The van der Waals surface area contributed by atoms with Crippen molar-refractivity contribution in [3.8, 4) is 0 Å². The predicted octanol–water partition coefficient (Wildman–Crippen LogP) is 1.89. The summed E-state index contributed by atoms with van der Waals surface area (Å²) in [6, 6.07) is 7.11. The Labute approximate surface area is 127 Å². The van der Waals surface area contributed by atoms with Crippen LogP contribution in [-0.4, -0.2) is 36.6 Å². The molecule has 5 nitrogen and oxygen atoms in total. The summed E-state index contributed by atoms with van der Waals surface area (Å²) in [4.78, 5) is 26.0. The van der Waals surface area contributed by atoms with Crippen LogP contribution >= 0.6 is 11.6 Å². The first-order chi connectivity index (χ1) is 9.92. The highest BCUT2D eigenvalue weighted by atomic mass is 35.5. The van der Waals surface area contributed by atoms with Crippen molar-refractivity contribution >= 4 is 28.5 Å². The minimum Gasteiger partial charge on any atom is -0.468 e. The van der Waals surface area contributed by atoms with Crippen molar-refractivity contribution in [2.45, 2.75) is 13.1 Å². The number of ether oxygens (including phenoxy) is 1. The Morgan fingerprint density at radius 2 is 2.05 bits per heavy atom. The number of carbonyl (C=O) groups is 1. The number of fused-ring (bicyclic) bond motifs is 1. The van der Waals surface area contributed by atoms with Crippen molar-refractivity contribution in [1.29, 1.82) is 0 Å². The number of esters is 1. The van der Waals surface area contributed by atoms with Crippen LogP contribution in [0, 0.1) is 0 Å². The van der Waals surface area contributed by atoms with Gasteiger partial charge in [0.25, 0.3) is 5.56 Å². The van der Waals surface area contributed by atoms with E-state index in [2.05, 4.69) is 4.74 Å². The van der Waals surface area contributed by atoms with Crippen molar-refractivity contribution in [2.24, 2.45) is 0 Å². The quantitative estimate of drug-likeness (QED) is 0.809. The second-order valence-electron chi connectivity index (χ2n) is 5.08. The van der Waals surface area contributed by atoms with Gasteiger partial charge in [-0.05, 0) is 37.7 Å². The van der Waals surface area contributed by atoms with E-state index in [1.54, 1.807) is 12.1 Å². The fourth-order valence-electron chi connectivity index (χ4n) is 2.21. The number of halogens is 1. The van der Waals surface area contributed by atoms with Gasteiger partial charge < -0.3 is 9.64 Å². The molecule has 2 aromatic rings. The zero-order valence-corrected chi connectivity index (χ0v) is 13.0. The topological polar surface area (TPSA) is 51.5 Å². The van der Waals surface area contributed by atoms with E-state index in [9.17, 15) is 9.59 Å². The molecule has 0 unspecified atom stereocenters. The van der Waals surface area contributed by atoms with Crippen molar-refractivity contribution in [3.63, 3.8) is 0 Å². The fourth-order valence-corrected chi connectivity index (χ4v) is 2.38. The van der Waals surface area contributed by atoms with Gasteiger partial charge in [0.1, 0.15) is 6.54 Å². The second-order valence-corrected chi connectivity index (χ2v) is 5.51. The van der Waals surface area contributed by atoms with Crippen molar-refractivity contribution in [2.75, 3.05) is 21.2 Å². The molecule has 0 spiro atoms. The van der Waals surface area contributed by atoms with Crippen LogP contribution in [0.15, 0.2) is 29.1 Å². The lowest BCUT2D eigenvalue weighted by Crippen LogP contribution is -2.30. The van der Waals surface area contributed by atoms with Crippen LogP contribution in [0.25, 0.3) is 10.9 Å². The predicted molar refractivity (Wildman–Crippen MR) is 82.6 cm³/mol. The maximum Gasteiger partial charge on any atom is 0.325 e. The first-order valence-corrected chi connectivity index (χ1v) is 6.83. The summed E-state index contributed by atoms with van der Waals surface area (Å²) in [6.45, 7) is 0.367. The van der Waals surface area contributed by atoms with Gasteiger partial charge >= 0.3 is 5.97 Å². The highest BCUT2D eigenvalue weighted by Crippen LogP contribution is 2.19. The first kappa shape index (κ1) is 15.5. The summed E-state index contributed by atoms with van der Waals surface area (Å²) in [7, 11) is 5.07. The molecular weight excluding hydrogens is 292 g/mol. The summed E-state index contributed by atoms with van der Waals surface area (Å²) in [5, 5.41) is 1.38. The van der Waals surface area contributed by atoms with Crippen molar-refractivity contribution in [3.05, 3.63) is 45.2 Å². The van der Waals surface area contributed by atoms with E-state index in [0.29, 0.717) is 22.6 Å². The molecule has 0 N–H and O–H groups in total. The van der Waals surface area contributed by atoms with E-state index < -0.39 is 5.97 Å². The highest BCUT2D eigenvalue weighted by molar-refractivity contribution is 6.31. The number of methoxy groups -OCH3 is 1. The maximum absolute atomic E-state index is 12.6. The zero-order valence-electron chi connectivity index (χ0n) is 12.2. The van der Waals surface area contributed by atoms with E-state index >= 15 is 0 Å². The van der Waals surface area contributed by atoms with Crippen LogP contribution in [-0.2, 0) is 22.6 Å². The molecule has 0 bridgehead atoms. The summed E-state index contributed by atoms with van der Waals surface area (Å²) in [5.74, 6) is -0.472. The molecule has 21 heavy (non-hydrogen) atoms. The standard InChI is InChI=1S/C15H17ClN2O3/c1-17(2)8-11-6-10-4-5-12(16)7-13(10)18(15(11)20)9-14(19)21-3/h4-7H,8-9H2,1-3H3. The molecule has 112 valence electrons. The molecule has 1 aromatic carbocycles. The molecule has 0 saturated heterocycles. The fraction of sp³-hybridized carbons (Fsp3) is 0.333. The van der Waals surface area contributed by atoms with Gasteiger partial charge in [0.15, 0.2) is 0 Å². The summed E-state index contributed by atoms with van der Waals surface area (Å²) < 4.78 is 6.08. The third-order valence-corrected chi connectivity index (χ3v) is 3.37. The average Bonchev–Trinajstić information content (AvgIpc) is 2.43. The smallest absolute Gasteiger partial charge is 0.325 e. The van der Waals surface area contributed by atoms with E-state index in [4.69, 9.17) is 11.6 Å². The SMILES string of the molecule is COC(=O)Cn1c(=O)c(CN(C)C)cc2ccc(Cl)cc21. The summed E-state index contributed by atoms with van der Waals surface area (Å²) in [6.07, 6.45) is 0. The van der Waals surface area contributed by atoms with Crippen LogP contribution in [0.3, 0.4) is 0 Å². The van der Waals surface area contributed by atoms with E-state index in [-0.39, 0.29) is 12.1 Å². The third kappa shape index (κ3) is 3.43. The van der Waals surface area contributed by atoms with Gasteiger partial charge in [-0.25, -0.2) is 0 Å². The Kier molecular flexibility index (Phi) is 4.65. The number of benzene rings is 1. The van der Waals surface area contributed by atoms with Crippen LogP contribution in [0.5, 0.6) is 0 Å². The molecule has 0 amide bonds. The molecule has 0 atom stereocenters. The molecule has 0 aliphatic carbocycles. The monoisotopic (exact) mass is 308 g/mol. The van der Waals surface area contributed by atoms with Crippen LogP contribution in [0.2, 0.25) is 5.02 Å². The number of pyridine rings is 1. The van der Waals surface area contributed by atoms with E-state index in [1.807, 2.05) is 31.1 Å². The number of aromatic nitrogens is 1. The van der Waals surface area contributed by atoms with Gasteiger partial charge in [-0.15, -0.1) is 0 Å². The molecule has 1 heterocycles. The Morgan fingerprint density at radius 1 is 1.33 bits per heavy atom. The largest absolute Gasteiger partial charge is 0.468 e. The van der Waals surface area contributed by atoms with Crippen molar-refractivity contribution < 1.29 is 9.53 Å². The number of hydrogen-bond acceptors (Lipinski definition) is 4. The van der Waals surface area contributed by atoms with Gasteiger partial charge in [0.2, 0.25) is 0 Å². The Bertz CT molecular complexity index is 738. The van der Waals surface area contributed by atoms with Crippen LogP contribution in [0.1, 0.15) is 5.56 Å². The average molecular weight is 309 g/mol. The molecule has 1 aromatic heterocycles. The maximum atomic E-state index is 12.6. The Balaban J connectivity index is 2.69. The third-order valence-electron chi connectivity index (χ3n) is 3.13. The summed E-state index contributed by atoms with van der Waals surface area (Å²) in [5.41, 5.74) is 1.04. The minimum absolute atomic E-state index is 0.132. The minimum atomic E-state index is -0.472. The zero-order chi connectivity index (χ0) is 15.6. The van der Waals surface area contributed by atoms with Crippen molar-refractivity contribution in [1.82, 2.24) is 9.47 Å². The van der Waals surface area contributed by atoms with Gasteiger partial charge in [0.05, 0.1) is 12.6 Å². The van der Waals surface area contributed by atoms with Gasteiger partial charge in [-0.2, -0.15) is 0 Å². The number of nitrogens with zero attached hydrogens (tertiary/aromatic N) is 2. The molecule has 6 heteroatoms. The number of carbonyl (C=O) groups excluding carboxylic acids is 1. The Hall–Kier alpha value is -1.85. The second kappa shape index (κ2) is 6.28. The molecule has 0 aliphatic heterocycles. The molecule has 2 rings (SSSR count). The lowest BCUT2D eigenvalue weighted by Gasteiger charge is -2.14. The number of hydrogen-bond donors (Lipinski definition) is 0. The van der Waals surface area contributed by atoms with E-state index in [1.165, 1.54) is 11.7 Å². The summed E-state index contributed by atoms with van der Waals surface area (Å²) >= 11 is 6.00. The normalized spacial score (nSPS) is 11.1. The van der Waals surface area contributed by atoms with E-state index in [0.717, 1.165) is 5.39 Å². The van der Waals surface area contributed by atoms with Gasteiger partial charge in [-0.1, -0.05) is 17.7 Å². The first-order valence-electron chi connectivity index (χ1n) is 6.46. The molecule has 0 aliphatic rings. The Morgan fingerprint density at radius 3 is 2.67 bits per heavy atom. The molecular formula is C15H17ClN2O3. The molecule has 0 fully saturated rings.